The van der Waals surface area contributed by atoms with E-state index in [0.29, 0.717) is 6.04 Å². The molecule has 0 amide bonds. The molecule has 4 nitrogen and oxygen atoms in total. The molecule has 0 radical (unpaired) electrons. The van der Waals surface area contributed by atoms with Gasteiger partial charge in [-0.1, -0.05) is 0 Å². The lowest BCUT2D eigenvalue weighted by Gasteiger charge is -2.04. The minimum atomic E-state index is 0.298. The van der Waals surface area contributed by atoms with Crippen LogP contribution in [-0.2, 0) is 0 Å². The predicted molar refractivity (Wildman–Crippen MR) is 57.2 cm³/mol. The van der Waals surface area contributed by atoms with Crippen LogP contribution >= 0.6 is 11.3 Å². The Morgan fingerprint density at radius 3 is 3.07 bits per heavy atom. The third-order valence-corrected chi connectivity index (χ3v) is 3.05. The molecular weight excluding hydrogens is 196 g/mol. The van der Waals surface area contributed by atoms with Crippen molar-refractivity contribution in [3.63, 3.8) is 0 Å². The van der Waals surface area contributed by atoms with Gasteiger partial charge in [-0.2, -0.15) is 5.10 Å². The van der Waals surface area contributed by atoms with E-state index in [0.717, 1.165) is 16.3 Å². The van der Waals surface area contributed by atoms with Crippen LogP contribution < -0.4 is 5.32 Å². The number of H-pyrrole nitrogens is 1. The van der Waals surface area contributed by atoms with Crippen LogP contribution in [-0.4, -0.2) is 22.2 Å². The van der Waals surface area contributed by atoms with Crippen molar-refractivity contribution < 1.29 is 0 Å². The molecule has 0 saturated heterocycles. The topological polar surface area (TPSA) is 53.6 Å². The molecule has 2 heterocycles. The number of hydrogen-bond donors (Lipinski definition) is 2. The van der Waals surface area contributed by atoms with E-state index >= 15 is 0 Å². The van der Waals surface area contributed by atoms with E-state index in [9.17, 15) is 0 Å². The van der Waals surface area contributed by atoms with Gasteiger partial charge in [-0.15, -0.1) is 11.3 Å². The fourth-order valence-electron chi connectivity index (χ4n) is 1.13. The summed E-state index contributed by atoms with van der Waals surface area (Å²) in [6.07, 6.45) is 3.64. The van der Waals surface area contributed by atoms with Crippen molar-refractivity contribution in [2.24, 2.45) is 0 Å². The number of nitrogens with zero attached hydrogens (tertiary/aromatic N) is 2. The van der Waals surface area contributed by atoms with Crippen LogP contribution in [0.1, 0.15) is 18.7 Å². The second-order valence-electron chi connectivity index (χ2n) is 3.07. The number of aromatic amines is 1. The number of thiazole rings is 1. The molecule has 2 N–H and O–H groups in total. The largest absolute Gasteiger partial charge is 0.312 e. The van der Waals surface area contributed by atoms with Gasteiger partial charge in [0.15, 0.2) is 0 Å². The van der Waals surface area contributed by atoms with Gasteiger partial charge in [-0.3, -0.25) is 5.10 Å². The summed E-state index contributed by atoms with van der Waals surface area (Å²) in [6.45, 7) is 2.09. The Labute approximate surface area is 86.4 Å². The Morgan fingerprint density at radius 2 is 2.43 bits per heavy atom. The predicted octanol–water partition coefficient (Wildman–Crippen LogP) is 1.81. The molecule has 0 aromatic carbocycles. The van der Waals surface area contributed by atoms with Crippen molar-refractivity contribution >= 4 is 11.3 Å². The van der Waals surface area contributed by atoms with Crippen molar-refractivity contribution in [2.45, 2.75) is 13.0 Å². The Balaban J connectivity index is 2.26. The number of aromatic nitrogens is 3. The van der Waals surface area contributed by atoms with Crippen LogP contribution in [0.3, 0.4) is 0 Å². The summed E-state index contributed by atoms with van der Waals surface area (Å²) < 4.78 is 0. The summed E-state index contributed by atoms with van der Waals surface area (Å²) in [4.78, 5) is 4.52. The summed E-state index contributed by atoms with van der Waals surface area (Å²) >= 11 is 1.64. The van der Waals surface area contributed by atoms with Gasteiger partial charge >= 0.3 is 0 Å². The zero-order valence-electron chi connectivity index (χ0n) is 8.11. The van der Waals surface area contributed by atoms with Crippen LogP contribution in [0, 0.1) is 0 Å². The summed E-state index contributed by atoms with van der Waals surface area (Å²) in [5.41, 5.74) is 2.12. The lowest BCUT2D eigenvalue weighted by Crippen LogP contribution is -2.12. The highest BCUT2D eigenvalue weighted by molar-refractivity contribution is 7.13. The first-order chi connectivity index (χ1) is 6.81. The number of hydrogen-bond acceptors (Lipinski definition) is 4. The zero-order chi connectivity index (χ0) is 9.97. The van der Waals surface area contributed by atoms with E-state index in [1.54, 1.807) is 17.5 Å². The first kappa shape index (κ1) is 9.36. The third kappa shape index (κ3) is 1.69. The fourth-order valence-corrected chi connectivity index (χ4v) is 2.03. The SMILES string of the molecule is CNC(C)c1csc(-c2cn[nH]c2)n1. The molecule has 2 aromatic rings. The van der Waals surface area contributed by atoms with E-state index < -0.39 is 0 Å². The van der Waals surface area contributed by atoms with Gasteiger partial charge in [-0.25, -0.2) is 4.98 Å². The van der Waals surface area contributed by atoms with Crippen LogP contribution in [0.5, 0.6) is 0 Å². The molecule has 0 fully saturated rings. The summed E-state index contributed by atoms with van der Waals surface area (Å²) in [5, 5.41) is 12.9. The zero-order valence-corrected chi connectivity index (χ0v) is 8.93. The fraction of sp³-hybridized carbons (Fsp3) is 0.333. The molecule has 0 spiro atoms. The Morgan fingerprint density at radius 1 is 1.57 bits per heavy atom. The number of rotatable bonds is 3. The minimum absolute atomic E-state index is 0.298. The van der Waals surface area contributed by atoms with Gasteiger partial charge < -0.3 is 5.32 Å². The van der Waals surface area contributed by atoms with Gasteiger partial charge in [0, 0.05) is 23.2 Å². The number of nitrogens with one attached hydrogen (secondary N) is 2. The third-order valence-electron chi connectivity index (χ3n) is 2.14. The molecule has 1 unspecified atom stereocenters. The monoisotopic (exact) mass is 208 g/mol. The quantitative estimate of drug-likeness (QED) is 0.809. The first-order valence-electron chi connectivity index (χ1n) is 4.43. The van der Waals surface area contributed by atoms with Gasteiger partial charge in [0.25, 0.3) is 0 Å². The minimum Gasteiger partial charge on any atom is -0.312 e. The lowest BCUT2D eigenvalue weighted by molar-refractivity contribution is 0.637. The maximum absolute atomic E-state index is 4.52. The summed E-state index contributed by atoms with van der Waals surface area (Å²) in [5.74, 6) is 0. The van der Waals surface area contributed by atoms with Crippen molar-refractivity contribution in [3.8, 4) is 10.6 Å². The lowest BCUT2D eigenvalue weighted by atomic mass is 10.3. The van der Waals surface area contributed by atoms with Crippen LogP contribution in [0.2, 0.25) is 0 Å². The summed E-state index contributed by atoms with van der Waals surface area (Å²) in [7, 11) is 1.93. The van der Waals surface area contributed by atoms with Crippen molar-refractivity contribution in [3.05, 3.63) is 23.5 Å². The molecule has 2 rings (SSSR count). The molecular formula is C9H12N4S. The first-order valence-corrected chi connectivity index (χ1v) is 5.31. The van der Waals surface area contributed by atoms with Gasteiger partial charge in [-0.05, 0) is 14.0 Å². The maximum Gasteiger partial charge on any atom is 0.126 e. The van der Waals surface area contributed by atoms with Gasteiger partial charge in [0.1, 0.15) is 5.01 Å². The second kappa shape index (κ2) is 3.89. The molecule has 0 aliphatic carbocycles. The molecule has 0 aliphatic rings. The van der Waals surface area contributed by atoms with Crippen molar-refractivity contribution in [2.75, 3.05) is 7.05 Å². The molecule has 74 valence electrons. The Hall–Kier alpha value is -1.20. The molecule has 5 heteroatoms. The van der Waals surface area contributed by atoms with Gasteiger partial charge in [0.05, 0.1) is 11.9 Å². The standard InChI is InChI=1S/C9H12N4S/c1-6(10-2)8-5-14-9(13-8)7-3-11-12-4-7/h3-6,10H,1-2H3,(H,11,12). The van der Waals surface area contributed by atoms with Crippen LogP contribution in [0.15, 0.2) is 17.8 Å². The van der Waals surface area contributed by atoms with Crippen molar-refractivity contribution in [1.29, 1.82) is 0 Å². The maximum atomic E-state index is 4.52. The summed E-state index contributed by atoms with van der Waals surface area (Å²) in [6, 6.07) is 0.298. The van der Waals surface area contributed by atoms with E-state index in [2.05, 4.69) is 32.8 Å². The van der Waals surface area contributed by atoms with Crippen LogP contribution in [0.25, 0.3) is 10.6 Å². The van der Waals surface area contributed by atoms with E-state index in [-0.39, 0.29) is 0 Å². The molecule has 1 atom stereocenters. The highest BCUT2D eigenvalue weighted by Crippen LogP contribution is 2.24. The molecule has 2 aromatic heterocycles. The van der Waals surface area contributed by atoms with Crippen molar-refractivity contribution in [1.82, 2.24) is 20.5 Å². The Bertz CT molecular complexity index is 393. The Kier molecular flexibility index (Phi) is 2.60. The molecule has 0 bridgehead atoms. The average Bonchev–Trinajstić information content (AvgIpc) is 2.86. The molecule has 14 heavy (non-hydrogen) atoms. The highest BCUT2D eigenvalue weighted by atomic mass is 32.1. The van der Waals surface area contributed by atoms with E-state index in [1.807, 2.05) is 13.2 Å². The normalized spacial score (nSPS) is 13.0. The second-order valence-corrected chi connectivity index (χ2v) is 3.93. The van der Waals surface area contributed by atoms with Crippen LogP contribution in [0.4, 0.5) is 0 Å². The molecule has 0 saturated carbocycles. The molecule has 0 aliphatic heterocycles. The van der Waals surface area contributed by atoms with E-state index in [4.69, 9.17) is 0 Å². The van der Waals surface area contributed by atoms with Gasteiger partial charge in [0.2, 0.25) is 0 Å². The van der Waals surface area contributed by atoms with E-state index in [1.165, 1.54) is 0 Å². The highest BCUT2D eigenvalue weighted by Gasteiger charge is 2.09. The average molecular weight is 208 g/mol. The smallest absolute Gasteiger partial charge is 0.126 e.